The van der Waals surface area contributed by atoms with Crippen molar-refractivity contribution in [3.8, 4) is 5.75 Å². The largest absolute Gasteiger partial charge is 0.495 e. The van der Waals surface area contributed by atoms with Gasteiger partial charge in [-0.25, -0.2) is 8.42 Å². The Balaban J connectivity index is 1.61. The van der Waals surface area contributed by atoms with Crippen LogP contribution in [0.5, 0.6) is 5.75 Å². The fraction of sp³-hybridized carbons (Fsp3) is 0.381. The molecule has 1 saturated heterocycles. The highest BCUT2D eigenvalue weighted by atomic mass is 32.2. The van der Waals surface area contributed by atoms with Gasteiger partial charge in [-0.15, -0.1) is 0 Å². The number of hydrogen-bond acceptors (Lipinski definition) is 4. The predicted octanol–water partition coefficient (Wildman–Crippen LogP) is 2.90. The molecule has 0 spiro atoms. The van der Waals surface area contributed by atoms with E-state index in [1.54, 1.807) is 12.1 Å². The quantitative estimate of drug-likeness (QED) is 0.837. The second-order valence-electron chi connectivity index (χ2n) is 7.24. The summed E-state index contributed by atoms with van der Waals surface area (Å²) in [6, 6.07) is 12.6. The van der Waals surface area contributed by atoms with Crippen molar-refractivity contribution >= 4 is 15.9 Å². The topological polar surface area (TPSA) is 75.7 Å². The van der Waals surface area contributed by atoms with Crippen LogP contribution in [0.3, 0.4) is 0 Å². The minimum Gasteiger partial charge on any atom is -0.495 e. The number of hydrogen-bond donors (Lipinski definition) is 1. The van der Waals surface area contributed by atoms with E-state index < -0.39 is 10.0 Å². The van der Waals surface area contributed by atoms with Gasteiger partial charge in [0.25, 0.3) is 5.91 Å². The summed E-state index contributed by atoms with van der Waals surface area (Å²) in [5.41, 5.74) is 2.71. The minimum absolute atomic E-state index is 0.0514. The second kappa shape index (κ2) is 7.56. The first-order chi connectivity index (χ1) is 13.5. The summed E-state index contributed by atoms with van der Waals surface area (Å²) in [5, 5.41) is 3.05. The van der Waals surface area contributed by atoms with Gasteiger partial charge in [0.05, 0.1) is 13.2 Å². The van der Waals surface area contributed by atoms with E-state index in [0.29, 0.717) is 18.7 Å². The van der Waals surface area contributed by atoms with Crippen molar-refractivity contribution in [2.75, 3.05) is 20.2 Å². The molecule has 7 heteroatoms. The zero-order valence-corrected chi connectivity index (χ0v) is 16.7. The number of carbonyl (C=O) groups is 1. The van der Waals surface area contributed by atoms with Crippen molar-refractivity contribution in [2.24, 2.45) is 0 Å². The van der Waals surface area contributed by atoms with E-state index in [-0.39, 0.29) is 22.6 Å². The lowest BCUT2D eigenvalue weighted by Crippen LogP contribution is -2.30. The highest BCUT2D eigenvalue weighted by Gasteiger charge is 2.31. The number of ether oxygens (including phenoxy) is 1. The number of amides is 1. The van der Waals surface area contributed by atoms with Crippen LogP contribution in [-0.2, 0) is 16.4 Å². The number of benzene rings is 2. The number of rotatable bonds is 5. The van der Waals surface area contributed by atoms with Crippen molar-refractivity contribution in [1.29, 1.82) is 0 Å². The van der Waals surface area contributed by atoms with Gasteiger partial charge in [-0.1, -0.05) is 24.3 Å². The maximum absolute atomic E-state index is 13.0. The number of sulfonamides is 1. The van der Waals surface area contributed by atoms with E-state index in [4.69, 9.17) is 4.74 Å². The van der Waals surface area contributed by atoms with E-state index in [2.05, 4.69) is 11.4 Å². The molecule has 1 heterocycles. The summed E-state index contributed by atoms with van der Waals surface area (Å²) in [7, 11) is -2.25. The summed E-state index contributed by atoms with van der Waals surface area (Å²) in [6.07, 6.45) is 3.48. The first-order valence-corrected chi connectivity index (χ1v) is 11.0. The smallest absolute Gasteiger partial charge is 0.251 e. The summed E-state index contributed by atoms with van der Waals surface area (Å²) in [4.78, 5) is 12.9. The molecule has 2 aromatic carbocycles. The summed E-state index contributed by atoms with van der Waals surface area (Å²) < 4.78 is 32.7. The Hall–Kier alpha value is -2.38. The minimum atomic E-state index is -3.69. The van der Waals surface area contributed by atoms with Crippen LogP contribution in [0.25, 0.3) is 0 Å². The Labute approximate surface area is 165 Å². The van der Waals surface area contributed by atoms with Crippen LogP contribution in [0, 0.1) is 0 Å². The number of methoxy groups -OCH3 is 1. The van der Waals surface area contributed by atoms with Gasteiger partial charge in [-0.3, -0.25) is 4.79 Å². The number of nitrogens with zero attached hydrogens (tertiary/aromatic N) is 1. The number of aryl methyl sites for hydroxylation is 1. The zero-order chi connectivity index (χ0) is 19.7. The van der Waals surface area contributed by atoms with Gasteiger partial charge in [0.2, 0.25) is 10.0 Å². The third kappa shape index (κ3) is 3.40. The van der Waals surface area contributed by atoms with Crippen LogP contribution in [0.15, 0.2) is 47.4 Å². The average Bonchev–Trinajstić information content (AvgIpc) is 3.38. The van der Waals surface area contributed by atoms with E-state index in [1.807, 2.05) is 18.2 Å². The van der Waals surface area contributed by atoms with Gasteiger partial charge in [-0.2, -0.15) is 4.31 Å². The molecule has 0 saturated carbocycles. The molecule has 1 fully saturated rings. The third-order valence-electron chi connectivity index (χ3n) is 5.55. The Morgan fingerprint density at radius 3 is 2.64 bits per heavy atom. The molecule has 148 valence electrons. The Morgan fingerprint density at radius 2 is 1.89 bits per heavy atom. The lowest BCUT2D eigenvalue weighted by molar-refractivity contribution is 0.0936. The fourth-order valence-electron chi connectivity index (χ4n) is 4.04. The predicted molar refractivity (Wildman–Crippen MR) is 106 cm³/mol. The molecule has 1 atom stereocenters. The molecule has 1 aliphatic heterocycles. The maximum atomic E-state index is 13.0. The zero-order valence-electron chi connectivity index (χ0n) is 15.8. The van der Waals surface area contributed by atoms with Crippen molar-refractivity contribution in [3.63, 3.8) is 0 Å². The molecule has 1 N–H and O–H groups in total. The van der Waals surface area contributed by atoms with Crippen molar-refractivity contribution in [2.45, 2.75) is 36.6 Å². The summed E-state index contributed by atoms with van der Waals surface area (Å²) >= 11 is 0. The molecule has 28 heavy (non-hydrogen) atoms. The molecule has 1 amide bonds. The molecule has 0 aromatic heterocycles. The van der Waals surface area contributed by atoms with Crippen LogP contribution in [0.4, 0.5) is 0 Å². The van der Waals surface area contributed by atoms with Gasteiger partial charge in [0.15, 0.2) is 0 Å². The van der Waals surface area contributed by atoms with Crippen molar-refractivity contribution in [1.82, 2.24) is 9.62 Å². The molecule has 0 radical (unpaired) electrons. The second-order valence-corrected chi connectivity index (χ2v) is 9.15. The highest BCUT2D eigenvalue weighted by molar-refractivity contribution is 7.89. The van der Waals surface area contributed by atoms with Gasteiger partial charge in [0.1, 0.15) is 10.6 Å². The van der Waals surface area contributed by atoms with Gasteiger partial charge in [-0.05, 0) is 55.0 Å². The SMILES string of the molecule is COc1ccc(C(=O)N[C@@H]2CCc3ccccc32)cc1S(=O)(=O)N1CCCC1. The Bertz CT molecular complexity index is 997. The molecule has 1 aliphatic carbocycles. The van der Waals surface area contributed by atoms with E-state index >= 15 is 0 Å². The summed E-state index contributed by atoms with van der Waals surface area (Å²) in [5.74, 6) is -0.0168. The Kier molecular flexibility index (Phi) is 5.12. The summed E-state index contributed by atoms with van der Waals surface area (Å²) in [6.45, 7) is 1.00. The van der Waals surface area contributed by atoms with E-state index in [9.17, 15) is 13.2 Å². The molecule has 0 bridgehead atoms. The normalized spacial score (nSPS) is 19.4. The lowest BCUT2D eigenvalue weighted by atomic mass is 10.1. The molecule has 4 rings (SSSR count). The van der Waals surface area contributed by atoms with Crippen LogP contribution in [0.1, 0.15) is 46.8 Å². The molecule has 0 unspecified atom stereocenters. The maximum Gasteiger partial charge on any atom is 0.251 e. The van der Waals surface area contributed by atoms with E-state index in [0.717, 1.165) is 31.2 Å². The highest BCUT2D eigenvalue weighted by Crippen LogP contribution is 2.32. The van der Waals surface area contributed by atoms with Crippen molar-refractivity contribution in [3.05, 3.63) is 59.2 Å². The molecule has 2 aromatic rings. The van der Waals surface area contributed by atoms with Crippen molar-refractivity contribution < 1.29 is 17.9 Å². The number of fused-ring (bicyclic) bond motifs is 1. The monoisotopic (exact) mass is 400 g/mol. The first-order valence-electron chi connectivity index (χ1n) is 9.57. The van der Waals surface area contributed by atoms with Gasteiger partial charge >= 0.3 is 0 Å². The van der Waals surface area contributed by atoms with Gasteiger partial charge < -0.3 is 10.1 Å². The Morgan fingerprint density at radius 1 is 1.14 bits per heavy atom. The number of carbonyl (C=O) groups excluding carboxylic acids is 1. The standard InChI is InChI=1S/C21H24N2O4S/c1-27-19-11-9-16(14-20(19)28(25,26)23-12-4-5-13-23)21(24)22-18-10-8-15-6-2-3-7-17(15)18/h2-3,6-7,9,11,14,18H,4-5,8,10,12-13H2,1H3,(H,22,24)/t18-/m1/s1. The van der Waals surface area contributed by atoms with Crippen LogP contribution >= 0.6 is 0 Å². The first kappa shape index (κ1) is 19.0. The molecular weight excluding hydrogens is 376 g/mol. The fourth-order valence-corrected chi connectivity index (χ4v) is 5.73. The molecular formula is C21H24N2O4S. The molecule has 2 aliphatic rings. The van der Waals surface area contributed by atoms with Crippen LogP contribution in [0.2, 0.25) is 0 Å². The average molecular weight is 401 g/mol. The lowest BCUT2D eigenvalue weighted by Gasteiger charge is -2.19. The van der Waals surface area contributed by atoms with Crippen LogP contribution in [-0.4, -0.2) is 38.8 Å². The number of nitrogens with one attached hydrogen (secondary N) is 1. The van der Waals surface area contributed by atoms with E-state index in [1.165, 1.54) is 23.0 Å². The van der Waals surface area contributed by atoms with Gasteiger partial charge in [0, 0.05) is 18.7 Å². The van der Waals surface area contributed by atoms with Crippen LogP contribution < -0.4 is 10.1 Å². The molecule has 6 nitrogen and oxygen atoms in total. The third-order valence-corrected chi connectivity index (χ3v) is 7.47.